The molecule has 0 amide bonds. The fourth-order valence-electron chi connectivity index (χ4n) is 0.734. The number of hydrogen-bond acceptors (Lipinski definition) is 4. The summed E-state index contributed by atoms with van der Waals surface area (Å²) in [5.41, 5.74) is -0.552. The third-order valence-electron chi connectivity index (χ3n) is 1.25. The van der Waals surface area contributed by atoms with Gasteiger partial charge in [-0.05, 0) is 15.9 Å². The number of halogens is 4. The molecule has 1 aromatic heterocycles. The van der Waals surface area contributed by atoms with Crippen molar-refractivity contribution in [1.29, 1.82) is 5.26 Å². The van der Waals surface area contributed by atoms with Crippen LogP contribution in [0, 0.1) is 11.3 Å². The van der Waals surface area contributed by atoms with E-state index in [2.05, 4.69) is 25.7 Å². The van der Waals surface area contributed by atoms with Crippen molar-refractivity contribution in [2.75, 3.05) is 0 Å². The van der Waals surface area contributed by atoms with Gasteiger partial charge in [0.2, 0.25) is 5.88 Å². The van der Waals surface area contributed by atoms with E-state index in [0.29, 0.717) is 0 Å². The molecule has 1 rings (SSSR count). The zero-order valence-electron chi connectivity index (χ0n) is 6.84. The number of hydrogen-bond donors (Lipinski definition) is 1. The average molecular weight is 283 g/mol. The molecular formula is C7H2BrF3N2O2. The fraction of sp³-hybridized carbons (Fsp3) is 0.143. The van der Waals surface area contributed by atoms with Gasteiger partial charge in [0.25, 0.3) is 0 Å². The van der Waals surface area contributed by atoms with Gasteiger partial charge in [-0.1, -0.05) is 0 Å². The number of nitriles is 1. The highest BCUT2D eigenvalue weighted by molar-refractivity contribution is 9.10. The van der Waals surface area contributed by atoms with E-state index in [0.717, 1.165) is 6.07 Å². The molecule has 1 N–H and O–H groups in total. The Morgan fingerprint density at radius 1 is 1.53 bits per heavy atom. The molecule has 0 saturated heterocycles. The van der Waals surface area contributed by atoms with E-state index in [9.17, 15) is 13.2 Å². The lowest BCUT2D eigenvalue weighted by atomic mass is 10.3. The van der Waals surface area contributed by atoms with E-state index in [1.54, 1.807) is 0 Å². The normalized spacial score (nSPS) is 10.9. The molecule has 0 spiro atoms. The van der Waals surface area contributed by atoms with Crippen LogP contribution >= 0.6 is 15.9 Å². The molecule has 0 aliphatic heterocycles. The number of rotatable bonds is 1. The number of aromatic hydroxyl groups is 1. The van der Waals surface area contributed by atoms with Crippen LogP contribution in [0.4, 0.5) is 13.2 Å². The summed E-state index contributed by atoms with van der Waals surface area (Å²) in [5, 5.41) is 17.6. The smallest absolute Gasteiger partial charge is 0.504 e. The van der Waals surface area contributed by atoms with E-state index in [1.807, 2.05) is 0 Å². The number of aromatic nitrogens is 1. The predicted molar refractivity (Wildman–Crippen MR) is 45.0 cm³/mol. The van der Waals surface area contributed by atoms with Crippen LogP contribution < -0.4 is 4.74 Å². The number of pyridine rings is 1. The van der Waals surface area contributed by atoms with Crippen LogP contribution in [0.1, 0.15) is 5.69 Å². The van der Waals surface area contributed by atoms with Crippen LogP contribution in [0.3, 0.4) is 0 Å². The molecule has 0 unspecified atom stereocenters. The first-order chi connectivity index (χ1) is 6.83. The van der Waals surface area contributed by atoms with Crippen LogP contribution in [0.25, 0.3) is 0 Å². The van der Waals surface area contributed by atoms with Gasteiger partial charge in [-0.2, -0.15) is 10.2 Å². The molecule has 1 aromatic rings. The van der Waals surface area contributed by atoms with Gasteiger partial charge in [0.1, 0.15) is 6.07 Å². The maximum atomic E-state index is 11.8. The molecule has 4 nitrogen and oxygen atoms in total. The van der Waals surface area contributed by atoms with E-state index >= 15 is 0 Å². The van der Waals surface area contributed by atoms with Gasteiger partial charge in [-0.3, -0.25) is 0 Å². The first kappa shape index (κ1) is 11.6. The first-order valence-electron chi connectivity index (χ1n) is 3.39. The Bertz CT molecular complexity index is 427. The van der Waals surface area contributed by atoms with Crippen molar-refractivity contribution in [3.63, 3.8) is 0 Å². The number of nitrogens with zero attached hydrogens (tertiary/aromatic N) is 2. The maximum absolute atomic E-state index is 11.8. The molecule has 0 aromatic carbocycles. The minimum Gasteiger partial charge on any atom is -0.504 e. The minimum absolute atomic E-state index is 0.103. The van der Waals surface area contributed by atoms with Gasteiger partial charge < -0.3 is 9.84 Å². The summed E-state index contributed by atoms with van der Waals surface area (Å²) in [6.45, 7) is 0. The predicted octanol–water partition coefficient (Wildman–Crippen LogP) is 2.32. The molecule has 0 aliphatic carbocycles. The first-order valence-corrected chi connectivity index (χ1v) is 4.18. The lowest BCUT2D eigenvalue weighted by Gasteiger charge is -2.08. The summed E-state index contributed by atoms with van der Waals surface area (Å²) in [7, 11) is 0. The maximum Gasteiger partial charge on any atom is 0.574 e. The Morgan fingerprint density at radius 3 is 2.60 bits per heavy atom. The minimum atomic E-state index is -4.89. The summed E-state index contributed by atoms with van der Waals surface area (Å²) in [5.74, 6) is -1.35. The highest BCUT2D eigenvalue weighted by Gasteiger charge is 2.32. The Labute approximate surface area is 90.0 Å². The van der Waals surface area contributed by atoms with Crippen LogP contribution in [0.5, 0.6) is 11.6 Å². The second-order valence-electron chi connectivity index (χ2n) is 2.30. The summed E-state index contributed by atoms with van der Waals surface area (Å²) in [6.07, 6.45) is -4.89. The molecule has 0 saturated carbocycles. The third-order valence-corrected chi connectivity index (χ3v) is 1.85. The molecule has 0 fully saturated rings. The van der Waals surface area contributed by atoms with Crippen molar-refractivity contribution in [3.05, 3.63) is 16.2 Å². The second kappa shape index (κ2) is 3.94. The van der Waals surface area contributed by atoms with Crippen molar-refractivity contribution in [2.24, 2.45) is 0 Å². The van der Waals surface area contributed by atoms with Crippen LogP contribution in [-0.2, 0) is 0 Å². The molecule has 8 heteroatoms. The molecular weight excluding hydrogens is 281 g/mol. The zero-order chi connectivity index (χ0) is 11.6. The van der Waals surface area contributed by atoms with Crippen LogP contribution in [0.15, 0.2) is 10.5 Å². The van der Waals surface area contributed by atoms with E-state index in [4.69, 9.17) is 10.4 Å². The van der Waals surface area contributed by atoms with Crippen molar-refractivity contribution in [2.45, 2.75) is 6.36 Å². The fourth-order valence-corrected chi connectivity index (χ4v) is 1.12. The Hall–Kier alpha value is -1.49. The Morgan fingerprint density at radius 2 is 2.13 bits per heavy atom. The Balaban J connectivity index is 3.13. The monoisotopic (exact) mass is 282 g/mol. The largest absolute Gasteiger partial charge is 0.574 e. The number of ether oxygens (including phenoxy) is 1. The van der Waals surface area contributed by atoms with Gasteiger partial charge in [-0.15, -0.1) is 13.2 Å². The molecule has 0 bridgehead atoms. The van der Waals surface area contributed by atoms with Crippen LogP contribution in [0.2, 0.25) is 0 Å². The standard InChI is InChI=1S/C7H2BrF3N2O2/c8-3-1-5(15-7(9,10)11)13-4(2-12)6(3)14/h1,14H. The van der Waals surface area contributed by atoms with E-state index in [-0.39, 0.29) is 4.47 Å². The zero-order valence-corrected chi connectivity index (χ0v) is 8.43. The summed E-state index contributed by atoms with van der Waals surface area (Å²) in [4.78, 5) is 3.15. The van der Waals surface area contributed by atoms with Gasteiger partial charge >= 0.3 is 6.36 Å². The molecule has 0 aliphatic rings. The quantitative estimate of drug-likeness (QED) is 0.858. The molecule has 80 valence electrons. The molecule has 1 heterocycles. The van der Waals surface area contributed by atoms with Crippen molar-refractivity contribution >= 4 is 15.9 Å². The van der Waals surface area contributed by atoms with E-state index in [1.165, 1.54) is 6.07 Å². The van der Waals surface area contributed by atoms with Gasteiger partial charge in [0.05, 0.1) is 4.47 Å². The van der Waals surface area contributed by atoms with Gasteiger partial charge in [0.15, 0.2) is 11.4 Å². The summed E-state index contributed by atoms with van der Waals surface area (Å²) < 4.78 is 38.7. The average Bonchev–Trinajstić information content (AvgIpc) is 2.08. The van der Waals surface area contributed by atoms with E-state index < -0.39 is 23.7 Å². The molecule has 0 radical (unpaired) electrons. The SMILES string of the molecule is N#Cc1nc(OC(F)(F)F)cc(Br)c1O. The highest BCUT2D eigenvalue weighted by Crippen LogP contribution is 2.31. The van der Waals surface area contributed by atoms with Gasteiger partial charge in [0, 0.05) is 6.07 Å². The topological polar surface area (TPSA) is 66.1 Å². The number of alkyl halides is 3. The molecule has 0 atom stereocenters. The third kappa shape index (κ3) is 2.99. The van der Waals surface area contributed by atoms with Crippen molar-refractivity contribution in [3.8, 4) is 17.7 Å². The van der Waals surface area contributed by atoms with Crippen molar-refractivity contribution < 1.29 is 23.0 Å². The molecule has 15 heavy (non-hydrogen) atoms. The summed E-state index contributed by atoms with van der Waals surface area (Å²) >= 11 is 2.76. The summed E-state index contributed by atoms with van der Waals surface area (Å²) in [6, 6.07) is 2.23. The lowest BCUT2D eigenvalue weighted by Crippen LogP contribution is -2.18. The van der Waals surface area contributed by atoms with Gasteiger partial charge in [-0.25, -0.2) is 0 Å². The van der Waals surface area contributed by atoms with Crippen molar-refractivity contribution in [1.82, 2.24) is 4.98 Å². The highest BCUT2D eigenvalue weighted by atomic mass is 79.9. The lowest BCUT2D eigenvalue weighted by molar-refractivity contribution is -0.276. The van der Waals surface area contributed by atoms with Crippen LogP contribution in [-0.4, -0.2) is 16.5 Å². The Kier molecular flexibility index (Phi) is 3.04. The second-order valence-corrected chi connectivity index (χ2v) is 3.15.